The second kappa shape index (κ2) is 11.8. The van der Waals surface area contributed by atoms with Crippen LogP contribution in [-0.2, 0) is 9.59 Å². The van der Waals surface area contributed by atoms with Gasteiger partial charge in [-0.05, 0) is 62.1 Å². The van der Waals surface area contributed by atoms with Crippen molar-refractivity contribution in [1.82, 2.24) is 5.32 Å². The lowest BCUT2D eigenvalue weighted by atomic mass is 9.82. The number of anilines is 2. The van der Waals surface area contributed by atoms with Crippen molar-refractivity contribution in [3.8, 4) is 6.07 Å². The van der Waals surface area contributed by atoms with Crippen LogP contribution in [0.1, 0.15) is 35.1 Å². The molecule has 6 nitrogen and oxygen atoms in total. The minimum atomic E-state index is -0.573. The second-order valence-corrected chi connectivity index (χ2v) is 10.2. The molecule has 1 atom stereocenters. The lowest BCUT2D eigenvalue weighted by Crippen LogP contribution is -2.31. The van der Waals surface area contributed by atoms with Gasteiger partial charge in [0.15, 0.2) is 0 Å². The van der Waals surface area contributed by atoms with Crippen LogP contribution in [0, 0.1) is 32.1 Å². The quantitative estimate of drug-likeness (QED) is 0.338. The number of rotatable bonds is 7. The minimum Gasteiger partial charge on any atom is -0.353 e. The van der Waals surface area contributed by atoms with Gasteiger partial charge in [0.1, 0.15) is 0 Å². The molecule has 0 aromatic heterocycles. The van der Waals surface area contributed by atoms with Crippen LogP contribution in [-0.4, -0.2) is 17.6 Å². The largest absolute Gasteiger partial charge is 0.353 e. The maximum atomic E-state index is 13.6. The van der Waals surface area contributed by atoms with Gasteiger partial charge in [-0.25, -0.2) is 0 Å². The van der Waals surface area contributed by atoms with Gasteiger partial charge in [0, 0.05) is 22.6 Å². The number of hydrogen-bond donors (Lipinski definition) is 3. The number of dihydropyridines is 1. The fourth-order valence-electron chi connectivity index (χ4n) is 4.42. The maximum absolute atomic E-state index is 13.6. The standard InChI is InChI=1S/C31H30N4O2S/c1-19-12-10-16-26(21(19)3)34-27(36)18-38-31-24(17-32)29(23-13-6-5-7-14-23)28(22(4)33-31)30(37)35-25-15-9-8-11-20(25)2/h5-16,29,33H,18H2,1-4H3,(H,34,36)(H,35,37)/t29-/m0/s1. The van der Waals surface area contributed by atoms with Gasteiger partial charge in [-0.1, -0.05) is 72.4 Å². The van der Waals surface area contributed by atoms with Crippen LogP contribution in [0.15, 0.2) is 94.7 Å². The number of para-hydroxylation sites is 1. The number of aryl methyl sites for hydroxylation is 2. The van der Waals surface area contributed by atoms with E-state index >= 15 is 0 Å². The van der Waals surface area contributed by atoms with E-state index in [0.29, 0.717) is 21.9 Å². The molecule has 7 heteroatoms. The summed E-state index contributed by atoms with van der Waals surface area (Å²) in [6, 6.07) is 25.2. The molecule has 0 aliphatic carbocycles. The van der Waals surface area contributed by atoms with Crippen molar-refractivity contribution in [1.29, 1.82) is 5.26 Å². The average molecular weight is 523 g/mol. The number of thioether (sulfide) groups is 1. The van der Waals surface area contributed by atoms with E-state index in [1.807, 2.05) is 100 Å². The number of carbonyl (C=O) groups excluding carboxylic acids is 2. The fourth-order valence-corrected chi connectivity index (χ4v) is 5.31. The van der Waals surface area contributed by atoms with Crippen LogP contribution in [0.5, 0.6) is 0 Å². The summed E-state index contributed by atoms with van der Waals surface area (Å²) in [6.07, 6.45) is 0. The van der Waals surface area contributed by atoms with Gasteiger partial charge in [0.2, 0.25) is 5.91 Å². The van der Waals surface area contributed by atoms with Gasteiger partial charge in [0.25, 0.3) is 5.91 Å². The van der Waals surface area contributed by atoms with Crippen molar-refractivity contribution in [2.45, 2.75) is 33.6 Å². The first-order valence-electron chi connectivity index (χ1n) is 12.3. The number of carbonyl (C=O) groups is 2. The molecule has 4 rings (SSSR count). The molecule has 0 saturated heterocycles. The Morgan fingerprint density at radius 3 is 2.24 bits per heavy atom. The minimum absolute atomic E-state index is 0.112. The van der Waals surface area contributed by atoms with Gasteiger partial charge in [-0.15, -0.1) is 0 Å². The van der Waals surface area contributed by atoms with E-state index in [0.717, 1.165) is 33.6 Å². The third-order valence-corrected chi connectivity index (χ3v) is 7.66. The van der Waals surface area contributed by atoms with E-state index < -0.39 is 5.92 Å². The summed E-state index contributed by atoms with van der Waals surface area (Å²) in [6.45, 7) is 7.73. The lowest BCUT2D eigenvalue weighted by molar-refractivity contribution is -0.114. The maximum Gasteiger partial charge on any atom is 0.254 e. The summed E-state index contributed by atoms with van der Waals surface area (Å²) in [5.41, 5.74) is 6.90. The molecule has 0 bridgehead atoms. The van der Waals surface area contributed by atoms with E-state index in [4.69, 9.17) is 0 Å². The molecule has 3 aromatic rings. The molecular weight excluding hydrogens is 492 g/mol. The summed E-state index contributed by atoms with van der Waals surface area (Å²) in [5, 5.41) is 20.1. The van der Waals surface area contributed by atoms with Crippen molar-refractivity contribution in [3.63, 3.8) is 0 Å². The van der Waals surface area contributed by atoms with Crippen LogP contribution < -0.4 is 16.0 Å². The van der Waals surface area contributed by atoms with Crippen LogP contribution in [0.3, 0.4) is 0 Å². The molecule has 1 heterocycles. The highest BCUT2D eigenvalue weighted by atomic mass is 32.2. The number of nitriles is 1. The van der Waals surface area contributed by atoms with Crippen LogP contribution in [0.25, 0.3) is 0 Å². The molecule has 0 saturated carbocycles. The van der Waals surface area contributed by atoms with E-state index in [9.17, 15) is 14.9 Å². The van der Waals surface area contributed by atoms with E-state index in [2.05, 4.69) is 22.0 Å². The molecule has 0 fully saturated rings. The molecule has 0 unspecified atom stereocenters. The first kappa shape index (κ1) is 26.8. The predicted molar refractivity (Wildman–Crippen MR) is 154 cm³/mol. The zero-order valence-electron chi connectivity index (χ0n) is 21.9. The molecule has 2 amide bonds. The molecule has 1 aliphatic heterocycles. The van der Waals surface area contributed by atoms with Gasteiger partial charge in [-0.3, -0.25) is 9.59 Å². The summed E-state index contributed by atoms with van der Waals surface area (Å²) >= 11 is 1.26. The Morgan fingerprint density at radius 1 is 0.868 bits per heavy atom. The van der Waals surface area contributed by atoms with Gasteiger partial charge >= 0.3 is 0 Å². The number of nitrogens with zero attached hydrogens (tertiary/aromatic N) is 1. The number of nitrogens with one attached hydrogen (secondary N) is 3. The van der Waals surface area contributed by atoms with Crippen molar-refractivity contribution in [2.75, 3.05) is 16.4 Å². The Kier molecular flexibility index (Phi) is 8.35. The average Bonchev–Trinajstić information content (AvgIpc) is 2.91. The van der Waals surface area contributed by atoms with Crippen LogP contribution in [0.4, 0.5) is 11.4 Å². The predicted octanol–water partition coefficient (Wildman–Crippen LogP) is 6.32. The highest BCUT2D eigenvalue weighted by Crippen LogP contribution is 2.41. The van der Waals surface area contributed by atoms with Crippen LogP contribution in [0.2, 0.25) is 0 Å². The van der Waals surface area contributed by atoms with E-state index in [-0.39, 0.29) is 17.6 Å². The molecule has 3 aromatic carbocycles. The highest BCUT2D eigenvalue weighted by molar-refractivity contribution is 8.03. The smallest absolute Gasteiger partial charge is 0.254 e. The van der Waals surface area contributed by atoms with E-state index in [1.165, 1.54) is 11.8 Å². The Morgan fingerprint density at radius 2 is 1.53 bits per heavy atom. The third kappa shape index (κ3) is 5.82. The first-order chi connectivity index (χ1) is 18.3. The molecule has 0 spiro atoms. The SMILES string of the molecule is CC1=C(C(=O)Nc2ccccc2C)[C@@H](c2ccccc2)C(C#N)=C(SCC(=O)Nc2cccc(C)c2C)N1. The molecule has 38 heavy (non-hydrogen) atoms. The Labute approximate surface area is 227 Å². The molecule has 1 aliphatic rings. The number of amides is 2. The second-order valence-electron chi connectivity index (χ2n) is 9.22. The summed E-state index contributed by atoms with van der Waals surface area (Å²) in [7, 11) is 0. The van der Waals surface area contributed by atoms with Crippen LogP contribution >= 0.6 is 11.8 Å². The number of allylic oxidation sites excluding steroid dienone is 2. The van der Waals surface area contributed by atoms with Gasteiger partial charge in [0.05, 0.1) is 28.3 Å². The topological polar surface area (TPSA) is 94.0 Å². The van der Waals surface area contributed by atoms with E-state index in [1.54, 1.807) is 0 Å². The molecule has 192 valence electrons. The van der Waals surface area contributed by atoms with Gasteiger partial charge in [-0.2, -0.15) is 5.26 Å². The molecular formula is C31H30N4O2S. The Hall–Kier alpha value is -4.28. The summed E-state index contributed by atoms with van der Waals surface area (Å²) in [4.78, 5) is 26.4. The normalized spacial score (nSPS) is 15.0. The third-order valence-electron chi connectivity index (χ3n) is 6.64. The zero-order valence-corrected chi connectivity index (χ0v) is 22.7. The molecule has 3 N–H and O–H groups in total. The van der Waals surface area contributed by atoms with Crippen molar-refractivity contribution < 1.29 is 9.59 Å². The summed E-state index contributed by atoms with van der Waals surface area (Å²) < 4.78 is 0. The Bertz CT molecular complexity index is 1490. The molecule has 0 radical (unpaired) electrons. The number of benzene rings is 3. The zero-order chi connectivity index (χ0) is 27.2. The fraction of sp³-hybridized carbons (Fsp3) is 0.194. The lowest BCUT2D eigenvalue weighted by Gasteiger charge is -2.30. The first-order valence-corrected chi connectivity index (χ1v) is 13.3. The highest BCUT2D eigenvalue weighted by Gasteiger charge is 2.35. The monoisotopic (exact) mass is 522 g/mol. The van der Waals surface area contributed by atoms with Crippen molar-refractivity contribution >= 4 is 35.0 Å². The summed E-state index contributed by atoms with van der Waals surface area (Å²) in [5.74, 6) is -0.907. The van der Waals surface area contributed by atoms with Crippen molar-refractivity contribution in [3.05, 3.63) is 117 Å². The number of hydrogen-bond acceptors (Lipinski definition) is 5. The van der Waals surface area contributed by atoms with Gasteiger partial charge < -0.3 is 16.0 Å². The Balaban J connectivity index is 1.62. The van der Waals surface area contributed by atoms with Crippen molar-refractivity contribution in [2.24, 2.45) is 0 Å².